The van der Waals surface area contributed by atoms with Crippen LogP contribution in [-0.4, -0.2) is 4.57 Å². The van der Waals surface area contributed by atoms with Gasteiger partial charge in [0, 0.05) is 33.4 Å². The second-order valence-corrected chi connectivity index (χ2v) is 9.96. The van der Waals surface area contributed by atoms with E-state index in [1.165, 1.54) is 44.7 Å². The van der Waals surface area contributed by atoms with Crippen LogP contribution >= 0.6 is 0 Å². The van der Waals surface area contributed by atoms with Crippen LogP contribution in [0.15, 0.2) is 116 Å². The van der Waals surface area contributed by atoms with Crippen molar-refractivity contribution < 1.29 is 0 Å². The van der Waals surface area contributed by atoms with E-state index in [4.69, 9.17) is 0 Å². The van der Waals surface area contributed by atoms with Gasteiger partial charge in [0.25, 0.3) is 0 Å². The number of fused-ring (bicyclic) bond motifs is 3. The zero-order valence-corrected chi connectivity index (χ0v) is 21.1. The van der Waals surface area contributed by atoms with Gasteiger partial charge >= 0.3 is 0 Å². The van der Waals surface area contributed by atoms with Gasteiger partial charge in [-0.1, -0.05) is 99.3 Å². The van der Waals surface area contributed by atoms with E-state index in [1.54, 1.807) is 0 Å². The average Bonchev–Trinajstić information content (AvgIpc) is 3.19. The summed E-state index contributed by atoms with van der Waals surface area (Å²) in [5.74, 6) is 0. The first-order chi connectivity index (χ1) is 17.5. The molecule has 0 bridgehead atoms. The topological polar surface area (TPSA) is 8.17 Å². The van der Waals surface area contributed by atoms with Gasteiger partial charge in [-0.05, 0) is 54.4 Å². The number of rotatable bonds is 4. The highest BCUT2D eigenvalue weighted by atomic mass is 15.2. The number of para-hydroxylation sites is 3. The Balaban J connectivity index is 1.58. The van der Waals surface area contributed by atoms with Crippen LogP contribution in [0.3, 0.4) is 0 Å². The molecule has 1 aromatic heterocycles. The lowest BCUT2D eigenvalue weighted by Gasteiger charge is -2.42. The summed E-state index contributed by atoms with van der Waals surface area (Å²) in [5.41, 5.74) is 11.0. The van der Waals surface area contributed by atoms with Crippen molar-refractivity contribution in [1.29, 1.82) is 0 Å². The predicted octanol–water partition coefficient (Wildman–Crippen LogP) is 9.25. The molecule has 176 valence electrons. The van der Waals surface area contributed by atoms with E-state index in [0.717, 1.165) is 11.4 Å². The normalized spacial score (nSPS) is 14.1. The van der Waals surface area contributed by atoms with E-state index >= 15 is 0 Å². The summed E-state index contributed by atoms with van der Waals surface area (Å²) in [6.45, 7) is 10.7. The van der Waals surface area contributed by atoms with Gasteiger partial charge in [-0.25, -0.2) is 0 Å². The molecule has 4 aromatic carbocycles. The molecule has 0 spiro atoms. The Kier molecular flexibility index (Phi) is 5.19. The fourth-order valence-electron chi connectivity index (χ4n) is 5.82. The van der Waals surface area contributed by atoms with Gasteiger partial charge in [-0.3, -0.25) is 0 Å². The lowest BCUT2D eigenvalue weighted by atomic mass is 9.73. The monoisotopic (exact) mass is 466 g/mol. The van der Waals surface area contributed by atoms with Crippen LogP contribution in [0.2, 0.25) is 0 Å². The number of aromatic nitrogens is 1. The summed E-state index contributed by atoms with van der Waals surface area (Å²) in [6, 6.07) is 35.1. The minimum atomic E-state index is -0.0685. The quantitative estimate of drug-likeness (QED) is 0.240. The van der Waals surface area contributed by atoms with Crippen LogP contribution in [0.1, 0.15) is 36.2 Å². The van der Waals surface area contributed by atoms with Crippen molar-refractivity contribution >= 4 is 34.0 Å². The molecule has 1 aliphatic heterocycles. The molecule has 2 heterocycles. The highest BCUT2D eigenvalue weighted by Crippen LogP contribution is 2.51. The van der Waals surface area contributed by atoms with Gasteiger partial charge in [0.2, 0.25) is 0 Å². The average molecular weight is 467 g/mol. The fourth-order valence-corrected chi connectivity index (χ4v) is 5.82. The number of nitrogens with zero attached hydrogens (tertiary/aromatic N) is 2. The van der Waals surface area contributed by atoms with Crippen molar-refractivity contribution in [2.24, 2.45) is 0 Å². The second-order valence-electron chi connectivity index (χ2n) is 9.96. The Morgan fingerprint density at radius 2 is 1.33 bits per heavy atom. The molecule has 0 saturated heterocycles. The molecular formula is C34H30N2. The van der Waals surface area contributed by atoms with E-state index in [9.17, 15) is 0 Å². The summed E-state index contributed by atoms with van der Waals surface area (Å²) < 4.78 is 2.37. The molecule has 2 nitrogen and oxygen atoms in total. The van der Waals surface area contributed by atoms with Crippen LogP contribution in [0.5, 0.6) is 0 Å². The summed E-state index contributed by atoms with van der Waals surface area (Å²) in [5, 5.41) is 1.24. The molecule has 0 radical (unpaired) electrons. The highest BCUT2D eigenvalue weighted by molar-refractivity contribution is 5.93. The molecule has 36 heavy (non-hydrogen) atoms. The standard InChI is InChI=1S/C34H30N2/c1-5-6-16-27-24(2)35(31-20-10-7-17-28(27)31)25-14-13-15-26(23-25)36-32-21-11-8-18-29(32)34(3,4)30-19-9-12-22-33(30)36/h5-23H,1H2,2-4H3/b16-6-. The Hall–Kier alpha value is -4.30. The summed E-state index contributed by atoms with van der Waals surface area (Å²) in [6.07, 6.45) is 6.00. The molecule has 5 aromatic rings. The lowest BCUT2D eigenvalue weighted by molar-refractivity contribution is 0.632. The molecule has 1 aliphatic rings. The SMILES string of the molecule is C=C/C=C\c1c(C)n(-c2cccc(N3c4ccccc4C(C)(C)c4ccccc43)c2)c2ccccc12. The third kappa shape index (κ3) is 3.25. The zero-order chi connectivity index (χ0) is 24.9. The Labute approximate surface area is 213 Å². The maximum atomic E-state index is 3.86. The zero-order valence-electron chi connectivity index (χ0n) is 21.1. The van der Waals surface area contributed by atoms with Gasteiger partial charge < -0.3 is 9.47 Å². The van der Waals surface area contributed by atoms with Crippen LogP contribution in [-0.2, 0) is 5.41 Å². The van der Waals surface area contributed by atoms with Crippen molar-refractivity contribution in [3.8, 4) is 5.69 Å². The van der Waals surface area contributed by atoms with Crippen LogP contribution < -0.4 is 4.90 Å². The van der Waals surface area contributed by atoms with Crippen molar-refractivity contribution in [3.05, 3.63) is 138 Å². The number of hydrogen-bond acceptors (Lipinski definition) is 1. The fraction of sp³-hybridized carbons (Fsp3) is 0.118. The van der Waals surface area contributed by atoms with Gasteiger partial charge in [-0.2, -0.15) is 0 Å². The third-order valence-electron chi connectivity index (χ3n) is 7.54. The number of allylic oxidation sites excluding steroid dienone is 2. The molecule has 0 aliphatic carbocycles. The maximum Gasteiger partial charge on any atom is 0.0537 e. The Bertz CT molecular complexity index is 1600. The first kappa shape index (κ1) is 22.2. The molecule has 0 unspecified atom stereocenters. The lowest BCUT2D eigenvalue weighted by Crippen LogP contribution is -2.30. The van der Waals surface area contributed by atoms with E-state index in [2.05, 4.69) is 140 Å². The molecule has 0 atom stereocenters. The van der Waals surface area contributed by atoms with E-state index in [-0.39, 0.29) is 5.41 Å². The minimum Gasteiger partial charge on any atom is -0.313 e. The largest absolute Gasteiger partial charge is 0.313 e. The van der Waals surface area contributed by atoms with E-state index in [0.29, 0.717) is 0 Å². The Morgan fingerprint density at radius 1 is 0.722 bits per heavy atom. The van der Waals surface area contributed by atoms with Gasteiger partial charge in [0.15, 0.2) is 0 Å². The maximum absolute atomic E-state index is 3.86. The van der Waals surface area contributed by atoms with Gasteiger partial charge in [0.05, 0.1) is 16.9 Å². The van der Waals surface area contributed by atoms with Crippen LogP contribution in [0.4, 0.5) is 17.1 Å². The first-order valence-corrected chi connectivity index (χ1v) is 12.5. The minimum absolute atomic E-state index is 0.0685. The summed E-state index contributed by atoms with van der Waals surface area (Å²) in [7, 11) is 0. The molecular weight excluding hydrogens is 436 g/mol. The molecule has 0 fully saturated rings. The number of anilines is 3. The molecule has 0 saturated carbocycles. The summed E-state index contributed by atoms with van der Waals surface area (Å²) in [4.78, 5) is 2.42. The number of hydrogen-bond donors (Lipinski definition) is 0. The van der Waals surface area contributed by atoms with Crippen molar-refractivity contribution in [1.82, 2.24) is 4.57 Å². The van der Waals surface area contributed by atoms with E-state index in [1.807, 2.05) is 12.2 Å². The molecule has 0 N–H and O–H groups in total. The smallest absolute Gasteiger partial charge is 0.0537 e. The summed E-state index contributed by atoms with van der Waals surface area (Å²) >= 11 is 0. The van der Waals surface area contributed by atoms with E-state index < -0.39 is 0 Å². The first-order valence-electron chi connectivity index (χ1n) is 12.5. The van der Waals surface area contributed by atoms with Crippen molar-refractivity contribution in [2.75, 3.05) is 4.90 Å². The van der Waals surface area contributed by atoms with Crippen LogP contribution in [0, 0.1) is 6.92 Å². The molecule has 0 amide bonds. The third-order valence-corrected chi connectivity index (χ3v) is 7.54. The second kappa shape index (κ2) is 8.42. The van der Waals surface area contributed by atoms with Crippen molar-refractivity contribution in [2.45, 2.75) is 26.2 Å². The van der Waals surface area contributed by atoms with Gasteiger partial charge in [0.1, 0.15) is 0 Å². The predicted molar refractivity (Wildman–Crippen MR) is 154 cm³/mol. The van der Waals surface area contributed by atoms with Crippen molar-refractivity contribution in [3.63, 3.8) is 0 Å². The molecule has 6 rings (SSSR count). The number of benzene rings is 4. The van der Waals surface area contributed by atoms with Crippen LogP contribution in [0.25, 0.3) is 22.7 Å². The highest BCUT2D eigenvalue weighted by Gasteiger charge is 2.36. The molecule has 2 heteroatoms. The van der Waals surface area contributed by atoms with Gasteiger partial charge in [-0.15, -0.1) is 0 Å². The Morgan fingerprint density at radius 3 is 2.03 bits per heavy atom.